The SMILES string of the molecule is Cc1ccnc(-c2ccc(NC(=O)NCC3(O)CCCC3)cc2)n1. The van der Waals surface area contributed by atoms with E-state index in [-0.39, 0.29) is 12.6 Å². The summed E-state index contributed by atoms with van der Waals surface area (Å²) >= 11 is 0. The van der Waals surface area contributed by atoms with E-state index in [1.54, 1.807) is 6.20 Å². The first-order valence-corrected chi connectivity index (χ1v) is 8.21. The molecule has 1 heterocycles. The molecule has 1 aliphatic rings. The standard InChI is InChI=1S/C18H22N4O2/c1-13-8-11-19-16(21-13)14-4-6-15(7-5-14)22-17(23)20-12-18(24)9-2-3-10-18/h4-8,11,24H,2-3,9-10,12H2,1H3,(H2,20,22,23). The van der Waals surface area contributed by atoms with Gasteiger partial charge in [-0.1, -0.05) is 12.8 Å². The Bertz CT molecular complexity index is 709. The first-order chi connectivity index (χ1) is 11.5. The van der Waals surface area contributed by atoms with Gasteiger partial charge >= 0.3 is 6.03 Å². The van der Waals surface area contributed by atoms with Gasteiger partial charge in [0, 0.05) is 29.7 Å². The summed E-state index contributed by atoms with van der Waals surface area (Å²) in [7, 11) is 0. The van der Waals surface area contributed by atoms with Crippen molar-refractivity contribution >= 4 is 11.7 Å². The van der Waals surface area contributed by atoms with E-state index in [0.29, 0.717) is 11.5 Å². The fraction of sp³-hybridized carbons (Fsp3) is 0.389. The van der Waals surface area contributed by atoms with Gasteiger partial charge in [-0.15, -0.1) is 0 Å². The number of aliphatic hydroxyl groups is 1. The predicted octanol–water partition coefficient (Wildman–Crippen LogP) is 2.88. The van der Waals surface area contributed by atoms with E-state index in [1.807, 2.05) is 37.3 Å². The van der Waals surface area contributed by atoms with Crippen molar-refractivity contribution in [1.82, 2.24) is 15.3 Å². The Kier molecular flexibility index (Phi) is 4.76. The topological polar surface area (TPSA) is 87.1 Å². The van der Waals surface area contributed by atoms with Gasteiger partial charge < -0.3 is 15.7 Å². The highest BCUT2D eigenvalue weighted by Gasteiger charge is 2.31. The molecule has 3 rings (SSSR count). The fourth-order valence-corrected chi connectivity index (χ4v) is 2.92. The van der Waals surface area contributed by atoms with Crippen LogP contribution < -0.4 is 10.6 Å². The number of nitrogens with zero attached hydrogens (tertiary/aromatic N) is 2. The van der Waals surface area contributed by atoms with Crippen LogP contribution in [0.15, 0.2) is 36.5 Å². The maximum atomic E-state index is 12.0. The van der Waals surface area contributed by atoms with Gasteiger partial charge in [-0.3, -0.25) is 0 Å². The molecular weight excluding hydrogens is 304 g/mol. The molecule has 0 bridgehead atoms. The van der Waals surface area contributed by atoms with E-state index in [9.17, 15) is 9.90 Å². The van der Waals surface area contributed by atoms with Gasteiger partial charge in [0.2, 0.25) is 0 Å². The summed E-state index contributed by atoms with van der Waals surface area (Å²) in [6.45, 7) is 2.21. The Morgan fingerprint density at radius 1 is 1.21 bits per heavy atom. The zero-order valence-electron chi connectivity index (χ0n) is 13.7. The summed E-state index contributed by atoms with van der Waals surface area (Å²) in [6, 6.07) is 8.90. The van der Waals surface area contributed by atoms with E-state index in [0.717, 1.165) is 36.9 Å². The lowest BCUT2D eigenvalue weighted by molar-refractivity contribution is 0.0506. The Morgan fingerprint density at radius 3 is 2.58 bits per heavy atom. The molecule has 6 heteroatoms. The second kappa shape index (κ2) is 6.97. The van der Waals surface area contributed by atoms with Crippen LogP contribution in [0, 0.1) is 6.92 Å². The van der Waals surface area contributed by atoms with Crippen molar-refractivity contribution in [3.05, 3.63) is 42.2 Å². The molecule has 1 saturated carbocycles. The molecule has 3 N–H and O–H groups in total. The number of urea groups is 1. The number of carbonyl (C=O) groups excluding carboxylic acids is 1. The maximum Gasteiger partial charge on any atom is 0.319 e. The van der Waals surface area contributed by atoms with E-state index in [2.05, 4.69) is 20.6 Å². The second-order valence-electron chi connectivity index (χ2n) is 6.34. The summed E-state index contributed by atoms with van der Waals surface area (Å²) in [5, 5.41) is 15.7. The Labute approximate surface area is 141 Å². The molecule has 0 radical (unpaired) electrons. The molecule has 1 aromatic heterocycles. The van der Waals surface area contributed by atoms with Gasteiger partial charge in [0.25, 0.3) is 0 Å². The molecule has 24 heavy (non-hydrogen) atoms. The number of hydrogen-bond donors (Lipinski definition) is 3. The molecule has 0 saturated heterocycles. The van der Waals surface area contributed by atoms with Gasteiger partial charge in [-0.2, -0.15) is 0 Å². The molecule has 2 amide bonds. The lowest BCUT2D eigenvalue weighted by Gasteiger charge is -2.22. The maximum absolute atomic E-state index is 12.0. The van der Waals surface area contributed by atoms with Gasteiger partial charge in [0.05, 0.1) is 5.60 Å². The number of rotatable bonds is 4. The molecule has 1 fully saturated rings. The Hall–Kier alpha value is -2.47. The van der Waals surface area contributed by atoms with Crippen LogP contribution in [0.5, 0.6) is 0 Å². The molecule has 0 atom stereocenters. The monoisotopic (exact) mass is 326 g/mol. The third kappa shape index (κ3) is 4.08. The number of carbonyl (C=O) groups is 1. The molecule has 1 aromatic carbocycles. The van der Waals surface area contributed by atoms with Crippen LogP contribution in [0.3, 0.4) is 0 Å². The molecular formula is C18H22N4O2. The van der Waals surface area contributed by atoms with Gasteiger partial charge in [-0.05, 0) is 50.1 Å². The Morgan fingerprint density at radius 2 is 1.92 bits per heavy atom. The zero-order valence-corrected chi connectivity index (χ0v) is 13.7. The normalized spacial score (nSPS) is 15.9. The van der Waals surface area contributed by atoms with Crippen molar-refractivity contribution in [3.8, 4) is 11.4 Å². The smallest absolute Gasteiger partial charge is 0.319 e. The second-order valence-corrected chi connectivity index (χ2v) is 6.34. The molecule has 126 valence electrons. The molecule has 0 spiro atoms. The fourth-order valence-electron chi connectivity index (χ4n) is 2.92. The zero-order chi connectivity index (χ0) is 17.0. The third-order valence-electron chi connectivity index (χ3n) is 4.31. The number of aromatic nitrogens is 2. The molecule has 6 nitrogen and oxygen atoms in total. The van der Waals surface area contributed by atoms with Crippen LogP contribution in [0.4, 0.5) is 10.5 Å². The number of aryl methyl sites for hydroxylation is 1. The molecule has 0 unspecified atom stereocenters. The van der Waals surface area contributed by atoms with E-state index in [1.165, 1.54) is 0 Å². The highest BCUT2D eigenvalue weighted by Crippen LogP contribution is 2.28. The summed E-state index contributed by atoms with van der Waals surface area (Å²) in [5.41, 5.74) is 1.74. The number of anilines is 1. The van der Waals surface area contributed by atoms with Crippen LogP contribution >= 0.6 is 0 Å². The van der Waals surface area contributed by atoms with Gasteiger partial charge in [0.15, 0.2) is 5.82 Å². The minimum Gasteiger partial charge on any atom is -0.388 e. The van der Waals surface area contributed by atoms with Crippen molar-refractivity contribution < 1.29 is 9.90 Å². The van der Waals surface area contributed by atoms with Crippen molar-refractivity contribution in [2.24, 2.45) is 0 Å². The van der Waals surface area contributed by atoms with Crippen LogP contribution in [-0.2, 0) is 0 Å². The molecule has 0 aliphatic heterocycles. The number of hydrogen-bond acceptors (Lipinski definition) is 4. The van der Waals surface area contributed by atoms with Crippen LogP contribution in [0.25, 0.3) is 11.4 Å². The highest BCUT2D eigenvalue weighted by atomic mass is 16.3. The van der Waals surface area contributed by atoms with Crippen molar-refractivity contribution in [2.45, 2.75) is 38.2 Å². The average molecular weight is 326 g/mol. The van der Waals surface area contributed by atoms with E-state index in [4.69, 9.17) is 0 Å². The first kappa shape index (κ1) is 16.4. The van der Waals surface area contributed by atoms with Gasteiger partial charge in [-0.25, -0.2) is 14.8 Å². The van der Waals surface area contributed by atoms with E-state index >= 15 is 0 Å². The Balaban J connectivity index is 1.56. The van der Waals surface area contributed by atoms with Crippen LogP contribution in [-0.4, -0.2) is 33.3 Å². The quantitative estimate of drug-likeness (QED) is 0.806. The minimum absolute atomic E-state index is 0.286. The lowest BCUT2D eigenvalue weighted by Crippen LogP contribution is -2.42. The van der Waals surface area contributed by atoms with Crippen LogP contribution in [0.1, 0.15) is 31.4 Å². The van der Waals surface area contributed by atoms with Gasteiger partial charge in [0.1, 0.15) is 0 Å². The van der Waals surface area contributed by atoms with Crippen LogP contribution in [0.2, 0.25) is 0 Å². The lowest BCUT2D eigenvalue weighted by atomic mass is 10.0. The van der Waals surface area contributed by atoms with E-state index < -0.39 is 5.60 Å². The largest absolute Gasteiger partial charge is 0.388 e. The summed E-state index contributed by atoms with van der Waals surface area (Å²) in [5.74, 6) is 0.662. The number of nitrogens with one attached hydrogen (secondary N) is 2. The minimum atomic E-state index is -0.746. The molecule has 2 aromatic rings. The summed E-state index contributed by atoms with van der Waals surface area (Å²) < 4.78 is 0. The van der Waals surface area contributed by atoms with Crippen molar-refractivity contribution in [3.63, 3.8) is 0 Å². The third-order valence-corrected chi connectivity index (χ3v) is 4.31. The predicted molar refractivity (Wildman–Crippen MR) is 92.6 cm³/mol. The highest BCUT2D eigenvalue weighted by molar-refractivity contribution is 5.89. The van der Waals surface area contributed by atoms with Crippen molar-refractivity contribution in [2.75, 3.05) is 11.9 Å². The molecule has 1 aliphatic carbocycles. The van der Waals surface area contributed by atoms with Crippen molar-refractivity contribution in [1.29, 1.82) is 0 Å². The number of benzene rings is 1. The first-order valence-electron chi connectivity index (χ1n) is 8.21. The number of amides is 2. The summed E-state index contributed by atoms with van der Waals surface area (Å²) in [4.78, 5) is 20.6. The average Bonchev–Trinajstić information content (AvgIpc) is 3.01. The summed E-state index contributed by atoms with van der Waals surface area (Å²) in [6.07, 6.45) is 5.26.